The van der Waals surface area contributed by atoms with Gasteiger partial charge in [-0.05, 0) is 19.3 Å². The third-order valence-electron chi connectivity index (χ3n) is 2.34. The number of amides is 1. The zero-order valence-electron chi connectivity index (χ0n) is 7.88. The van der Waals surface area contributed by atoms with Gasteiger partial charge >= 0.3 is 0 Å². The second-order valence-corrected chi connectivity index (χ2v) is 3.13. The molecule has 0 aliphatic carbocycles. The van der Waals surface area contributed by atoms with Crippen LogP contribution in [0.2, 0.25) is 0 Å². The number of likely N-dealkylation sites (tertiary alicyclic amines) is 1. The van der Waals surface area contributed by atoms with Crippen LogP contribution in [0.3, 0.4) is 0 Å². The largest absolute Gasteiger partial charge is 0.362 e. The summed E-state index contributed by atoms with van der Waals surface area (Å²) in [6, 6.07) is 0. The Hall–Kier alpha value is -0.570. The average Bonchev–Trinajstić information content (AvgIpc) is 2.16. The predicted octanol–water partition coefficient (Wildman–Crippen LogP) is 1.38. The van der Waals surface area contributed by atoms with Gasteiger partial charge in [-0.2, -0.15) is 0 Å². The van der Waals surface area contributed by atoms with E-state index in [0.717, 1.165) is 19.4 Å². The SMILES string of the molecule is CCC(=O)N1CCCCC1OC. The van der Waals surface area contributed by atoms with Gasteiger partial charge in [-0.3, -0.25) is 4.79 Å². The minimum atomic E-state index is 0.0335. The highest BCUT2D eigenvalue weighted by Crippen LogP contribution is 2.17. The highest BCUT2D eigenvalue weighted by Gasteiger charge is 2.24. The molecule has 1 unspecified atom stereocenters. The normalized spacial score (nSPS) is 24.2. The lowest BCUT2D eigenvalue weighted by Gasteiger charge is -2.34. The van der Waals surface area contributed by atoms with E-state index in [-0.39, 0.29) is 12.1 Å². The third-order valence-corrected chi connectivity index (χ3v) is 2.34. The Kier molecular flexibility index (Phi) is 3.53. The van der Waals surface area contributed by atoms with Crippen LogP contribution in [-0.4, -0.2) is 30.7 Å². The van der Waals surface area contributed by atoms with E-state index < -0.39 is 0 Å². The van der Waals surface area contributed by atoms with E-state index >= 15 is 0 Å². The summed E-state index contributed by atoms with van der Waals surface area (Å²) in [7, 11) is 1.67. The van der Waals surface area contributed by atoms with Gasteiger partial charge in [-0.25, -0.2) is 0 Å². The van der Waals surface area contributed by atoms with Crippen molar-refractivity contribution in [2.24, 2.45) is 0 Å². The van der Waals surface area contributed by atoms with Gasteiger partial charge in [0.05, 0.1) is 0 Å². The van der Waals surface area contributed by atoms with Gasteiger partial charge in [0.1, 0.15) is 6.23 Å². The van der Waals surface area contributed by atoms with Crippen LogP contribution in [-0.2, 0) is 9.53 Å². The Morgan fingerprint density at radius 1 is 1.58 bits per heavy atom. The molecule has 0 N–H and O–H groups in total. The quantitative estimate of drug-likeness (QED) is 0.628. The first-order valence-electron chi connectivity index (χ1n) is 4.62. The molecule has 0 aromatic carbocycles. The maximum Gasteiger partial charge on any atom is 0.224 e. The molecule has 0 radical (unpaired) electrons. The minimum absolute atomic E-state index is 0.0335. The van der Waals surface area contributed by atoms with E-state index in [9.17, 15) is 4.79 Å². The predicted molar refractivity (Wildman–Crippen MR) is 46.7 cm³/mol. The summed E-state index contributed by atoms with van der Waals surface area (Å²) in [6.45, 7) is 2.76. The molecule has 3 nitrogen and oxygen atoms in total. The fraction of sp³-hybridized carbons (Fsp3) is 0.889. The number of carbonyl (C=O) groups is 1. The average molecular weight is 171 g/mol. The van der Waals surface area contributed by atoms with Crippen LogP contribution in [0.4, 0.5) is 0 Å². The molecule has 0 spiro atoms. The van der Waals surface area contributed by atoms with Crippen LogP contribution in [0.5, 0.6) is 0 Å². The smallest absolute Gasteiger partial charge is 0.224 e. The number of carbonyl (C=O) groups excluding carboxylic acids is 1. The number of rotatable bonds is 2. The molecule has 12 heavy (non-hydrogen) atoms. The molecule has 1 fully saturated rings. The van der Waals surface area contributed by atoms with Crippen molar-refractivity contribution in [3.05, 3.63) is 0 Å². The summed E-state index contributed by atoms with van der Waals surface area (Å²) < 4.78 is 5.23. The second kappa shape index (κ2) is 4.45. The van der Waals surface area contributed by atoms with Crippen molar-refractivity contribution < 1.29 is 9.53 Å². The fourth-order valence-corrected chi connectivity index (χ4v) is 1.63. The lowest BCUT2D eigenvalue weighted by atomic mass is 10.1. The van der Waals surface area contributed by atoms with Gasteiger partial charge in [0.25, 0.3) is 0 Å². The van der Waals surface area contributed by atoms with Crippen molar-refractivity contribution in [3.8, 4) is 0 Å². The van der Waals surface area contributed by atoms with Crippen molar-refractivity contribution in [2.45, 2.75) is 38.8 Å². The summed E-state index contributed by atoms with van der Waals surface area (Å²) in [4.78, 5) is 13.2. The van der Waals surface area contributed by atoms with Crippen LogP contribution in [0.15, 0.2) is 0 Å². The van der Waals surface area contributed by atoms with Crippen molar-refractivity contribution in [1.29, 1.82) is 0 Å². The molecule has 1 saturated heterocycles. The molecule has 0 aromatic heterocycles. The standard InChI is InChI=1S/C9H17NO2/c1-3-8(11)10-7-5-4-6-9(10)12-2/h9H,3-7H2,1-2H3. The number of nitrogens with zero attached hydrogens (tertiary/aromatic N) is 1. The van der Waals surface area contributed by atoms with Gasteiger partial charge in [0.15, 0.2) is 0 Å². The van der Waals surface area contributed by atoms with Crippen LogP contribution >= 0.6 is 0 Å². The molecular weight excluding hydrogens is 154 g/mol. The van der Waals surface area contributed by atoms with Gasteiger partial charge in [-0.1, -0.05) is 6.92 Å². The summed E-state index contributed by atoms with van der Waals surface area (Å²) >= 11 is 0. The van der Waals surface area contributed by atoms with E-state index in [1.807, 2.05) is 11.8 Å². The third kappa shape index (κ3) is 1.97. The van der Waals surface area contributed by atoms with Gasteiger partial charge in [0, 0.05) is 20.1 Å². The van der Waals surface area contributed by atoms with Crippen molar-refractivity contribution in [3.63, 3.8) is 0 Å². The number of ether oxygens (including phenoxy) is 1. The van der Waals surface area contributed by atoms with Crippen molar-refractivity contribution >= 4 is 5.91 Å². The van der Waals surface area contributed by atoms with Crippen molar-refractivity contribution in [1.82, 2.24) is 4.90 Å². The molecule has 70 valence electrons. The van der Waals surface area contributed by atoms with E-state index in [2.05, 4.69) is 0 Å². The zero-order chi connectivity index (χ0) is 8.97. The molecule has 0 aromatic rings. The summed E-state index contributed by atoms with van der Waals surface area (Å²) in [5.41, 5.74) is 0. The number of hydrogen-bond donors (Lipinski definition) is 0. The van der Waals surface area contributed by atoms with E-state index in [0.29, 0.717) is 6.42 Å². The highest BCUT2D eigenvalue weighted by molar-refractivity contribution is 5.76. The first kappa shape index (κ1) is 9.52. The number of methoxy groups -OCH3 is 1. The Balaban J connectivity index is 2.52. The minimum Gasteiger partial charge on any atom is -0.362 e. The zero-order valence-corrected chi connectivity index (χ0v) is 7.88. The lowest BCUT2D eigenvalue weighted by Crippen LogP contribution is -2.44. The van der Waals surface area contributed by atoms with Crippen molar-refractivity contribution in [2.75, 3.05) is 13.7 Å². The monoisotopic (exact) mass is 171 g/mol. The molecule has 3 heteroatoms. The Labute approximate surface area is 73.7 Å². The number of piperidine rings is 1. The van der Waals surface area contributed by atoms with E-state index in [1.165, 1.54) is 6.42 Å². The van der Waals surface area contributed by atoms with Gasteiger partial charge in [0.2, 0.25) is 5.91 Å². The topological polar surface area (TPSA) is 29.5 Å². The van der Waals surface area contributed by atoms with Crippen LogP contribution in [0, 0.1) is 0 Å². The molecule has 1 aliphatic heterocycles. The molecule has 1 aliphatic rings. The molecule has 1 rings (SSSR count). The highest BCUT2D eigenvalue weighted by atomic mass is 16.5. The molecular formula is C9H17NO2. The lowest BCUT2D eigenvalue weighted by molar-refractivity contribution is -0.147. The van der Waals surface area contributed by atoms with E-state index in [1.54, 1.807) is 7.11 Å². The first-order chi connectivity index (χ1) is 5.79. The van der Waals surface area contributed by atoms with E-state index in [4.69, 9.17) is 4.74 Å². The molecule has 0 bridgehead atoms. The summed E-state index contributed by atoms with van der Waals surface area (Å²) in [6.07, 6.45) is 3.89. The first-order valence-corrected chi connectivity index (χ1v) is 4.62. The van der Waals surface area contributed by atoms with Gasteiger partial charge in [-0.15, -0.1) is 0 Å². The van der Waals surface area contributed by atoms with Crippen LogP contribution in [0.1, 0.15) is 32.6 Å². The molecule has 0 saturated carbocycles. The second-order valence-electron chi connectivity index (χ2n) is 3.13. The summed E-state index contributed by atoms with van der Waals surface area (Å²) in [5.74, 6) is 0.210. The summed E-state index contributed by atoms with van der Waals surface area (Å²) in [5, 5.41) is 0. The fourth-order valence-electron chi connectivity index (χ4n) is 1.63. The van der Waals surface area contributed by atoms with Crippen LogP contribution in [0.25, 0.3) is 0 Å². The number of hydrogen-bond acceptors (Lipinski definition) is 2. The maximum atomic E-state index is 11.4. The molecule has 1 amide bonds. The Bertz CT molecular complexity index is 159. The van der Waals surface area contributed by atoms with Crippen LogP contribution < -0.4 is 0 Å². The Morgan fingerprint density at radius 2 is 2.33 bits per heavy atom. The van der Waals surface area contributed by atoms with Gasteiger partial charge < -0.3 is 9.64 Å². The Morgan fingerprint density at radius 3 is 2.92 bits per heavy atom. The molecule has 1 heterocycles. The molecule has 1 atom stereocenters. The maximum absolute atomic E-state index is 11.4.